The smallest absolute Gasteiger partial charge is 0.339 e. The van der Waals surface area contributed by atoms with Crippen LogP contribution in [0.15, 0.2) is 33.3 Å². The second-order valence-electron chi connectivity index (χ2n) is 5.10. The molecule has 0 saturated heterocycles. The Labute approximate surface area is 128 Å². The number of carbonyl (C=O) groups is 2. The zero-order valence-corrected chi connectivity index (χ0v) is 12.6. The van der Waals surface area contributed by atoms with Crippen molar-refractivity contribution in [1.29, 1.82) is 0 Å². The summed E-state index contributed by atoms with van der Waals surface area (Å²) in [5.74, 6) is -0.305. The van der Waals surface area contributed by atoms with Gasteiger partial charge in [-0.3, -0.25) is 4.79 Å². The van der Waals surface area contributed by atoms with Crippen LogP contribution in [0.25, 0.3) is 0 Å². The zero-order chi connectivity index (χ0) is 16.1. The summed E-state index contributed by atoms with van der Waals surface area (Å²) in [5.41, 5.74) is 0.0379. The van der Waals surface area contributed by atoms with Crippen LogP contribution in [0.5, 0.6) is 0 Å². The molecule has 0 aliphatic heterocycles. The van der Waals surface area contributed by atoms with E-state index in [1.165, 1.54) is 6.07 Å². The number of carboxylic acids is 1. The minimum Gasteiger partial charge on any atom is -0.478 e. The van der Waals surface area contributed by atoms with Gasteiger partial charge in [-0.15, -0.1) is 0 Å². The summed E-state index contributed by atoms with van der Waals surface area (Å²) in [6.07, 6.45) is 3.46. The lowest BCUT2D eigenvalue weighted by atomic mass is 10.1. The van der Waals surface area contributed by atoms with Gasteiger partial charge < -0.3 is 19.3 Å². The predicted molar refractivity (Wildman–Crippen MR) is 79.0 cm³/mol. The lowest BCUT2D eigenvalue weighted by molar-refractivity contribution is 0.0694. The van der Waals surface area contributed by atoms with Crippen molar-refractivity contribution < 1.29 is 23.5 Å². The highest BCUT2D eigenvalue weighted by Gasteiger charge is 2.20. The van der Waals surface area contributed by atoms with Crippen molar-refractivity contribution >= 4 is 11.9 Å². The van der Waals surface area contributed by atoms with Crippen molar-refractivity contribution in [3.05, 3.63) is 47.3 Å². The molecule has 6 heteroatoms. The van der Waals surface area contributed by atoms with Gasteiger partial charge in [0, 0.05) is 24.9 Å². The number of amides is 1. The molecule has 0 aliphatic carbocycles. The normalized spacial score (nSPS) is 12.1. The Morgan fingerprint density at radius 2 is 2.18 bits per heavy atom. The third-order valence-corrected chi connectivity index (χ3v) is 3.37. The van der Waals surface area contributed by atoms with Gasteiger partial charge in [-0.2, -0.15) is 0 Å². The molecule has 2 aromatic heterocycles. The molecule has 0 spiro atoms. The Kier molecular flexibility index (Phi) is 5.04. The van der Waals surface area contributed by atoms with Crippen LogP contribution in [-0.4, -0.2) is 23.0 Å². The molecule has 6 nitrogen and oxygen atoms in total. The molecule has 2 N–H and O–H groups in total. The van der Waals surface area contributed by atoms with E-state index in [1.54, 1.807) is 13.2 Å². The van der Waals surface area contributed by atoms with E-state index in [0.29, 0.717) is 25.0 Å². The first-order valence-corrected chi connectivity index (χ1v) is 7.20. The zero-order valence-electron chi connectivity index (χ0n) is 12.6. The molecule has 1 unspecified atom stereocenters. The highest BCUT2D eigenvalue weighted by Crippen LogP contribution is 2.17. The van der Waals surface area contributed by atoms with E-state index in [0.717, 1.165) is 5.76 Å². The van der Waals surface area contributed by atoms with Gasteiger partial charge >= 0.3 is 5.97 Å². The first kappa shape index (κ1) is 15.9. The number of aromatic carboxylic acids is 1. The average Bonchev–Trinajstić information content (AvgIpc) is 3.14. The maximum Gasteiger partial charge on any atom is 0.339 e. The predicted octanol–water partition coefficient (Wildman–Crippen LogP) is 2.88. The van der Waals surface area contributed by atoms with E-state index in [1.807, 2.05) is 19.1 Å². The molecule has 0 saturated carbocycles. The minimum atomic E-state index is -1.09. The molecule has 0 fully saturated rings. The Bertz CT molecular complexity index is 642. The molecule has 1 amide bonds. The number of aryl methyl sites for hydroxylation is 2. The number of carbonyl (C=O) groups excluding carboxylic acids is 1. The van der Waals surface area contributed by atoms with Crippen LogP contribution in [0.4, 0.5) is 0 Å². The van der Waals surface area contributed by atoms with E-state index in [4.69, 9.17) is 13.9 Å². The number of nitrogens with one attached hydrogen (secondary N) is 1. The van der Waals surface area contributed by atoms with Crippen LogP contribution in [0.3, 0.4) is 0 Å². The lowest BCUT2D eigenvalue weighted by Gasteiger charge is -2.11. The van der Waals surface area contributed by atoms with E-state index < -0.39 is 11.9 Å². The third kappa shape index (κ3) is 3.78. The van der Waals surface area contributed by atoms with Crippen LogP contribution >= 0.6 is 0 Å². The van der Waals surface area contributed by atoms with Gasteiger partial charge in [0.2, 0.25) is 0 Å². The van der Waals surface area contributed by atoms with Gasteiger partial charge in [0.1, 0.15) is 17.1 Å². The Morgan fingerprint density at radius 1 is 1.41 bits per heavy atom. The van der Waals surface area contributed by atoms with E-state index in [-0.39, 0.29) is 17.4 Å². The third-order valence-electron chi connectivity index (χ3n) is 3.37. The van der Waals surface area contributed by atoms with Crippen molar-refractivity contribution in [3.63, 3.8) is 0 Å². The molecule has 0 bridgehead atoms. The molecule has 2 rings (SSSR count). The largest absolute Gasteiger partial charge is 0.478 e. The second-order valence-corrected chi connectivity index (χ2v) is 5.10. The van der Waals surface area contributed by atoms with Crippen molar-refractivity contribution in [3.8, 4) is 0 Å². The maximum absolute atomic E-state index is 12.1. The fourth-order valence-electron chi connectivity index (χ4n) is 2.16. The van der Waals surface area contributed by atoms with Crippen molar-refractivity contribution in [1.82, 2.24) is 5.32 Å². The fourth-order valence-corrected chi connectivity index (χ4v) is 2.16. The van der Waals surface area contributed by atoms with Crippen molar-refractivity contribution in [2.24, 2.45) is 0 Å². The topological polar surface area (TPSA) is 92.7 Å². The van der Waals surface area contributed by atoms with Gasteiger partial charge in [0.15, 0.2) is 5.76 Å². The molecular formula is C16H19NO5. The Balaban J connectivity index is 1.95. The maximum atomic E-state index is 12.1. The Hall–Kier alpha value is -2.50. The van der Waals surface area contributed by atoms with Crippen LogP contribution in [0, 0.1) is 0 Å². The first-order chi connectivity index (χ1) is 10.5. The second kappa shape index (κ2) is 6.98. The summed E-state index contributed by atoms with van der Waals surface area (Å²) >= 11 is 0. The summed E-state index contributed by atoms with van der Waals surface area (Å²) < 4.78 is 10.6. The summed E-state index contributed by atoms with van der Waals surface area (Å²) in [7, 11) is 0. The summed E-state index contributed by atoms with van der Waals surface area (Å²) in [6.45, 7) is 3.65. The molecule has 0 radical (unpaired) electrons. The molecule has 2 aromatic rings. The number of carboxylic acid groups (broad SMARTS) is 1. The number of hydrogen-bond acceptors (Lipinski definition) is 4. The number of rotatable bonds is 7. The number of hydrogen-bond donors (Lipinski definition) is 2. The molecule has 118 valence electrons. The Morgan fingerprint density at radius 3 is 2.73 bits per heavy atom. The van der Waals surface area contributed by atoms with E-state index in [2.05, 4.69) is 5.32 Å². The molecule has 1 atom stereocenters. The first-order valence-electron chi connectivity index (χ1n) is 7.20. The molecule has 2 heterocycles. The fraction of sp³-hybridized carbons (Fsp3) is 0.375. The van der Waals surface area contributed by atoms with Gasteiger partial charge in [0.05, 0.1) is 6.26 Å². The standard InChI is InChI=1S/C16H19NO5/c1-3-13-12(16(19)20)9-14(22-13)15(18)17-10(2)6-7-11-5-4-8-21-11/h4-5,8-10H,3,6-7H2,1-2H3,(H,17,18)(H,19,20). The highest BCUT2D eigenvalue weighted by atomic mass is 16.4. The number of furan rings is 2. The van der Waals surface area contributed by atoms with Crippen LogP contribution in [-0.2, 0) is 12.8 Å². The molecule has 22 heavy (non-hydrogen) atoms. The molecule has 0 aliphatic rings. The van der Waals surface area contributed by atoms with Gasteiger partial charge in [-0.1, -0.05) is 6.92 Å². The monoisotopic (exact) mass is 305 g/mol. The van der Waals surface area contributed by atoms with Crippen LogP contribution in [0.1, 0.15) is 52.7 Å². The van der Waals surface area contributed by atoms with Crippen molar-refractivity contribution in [2.45, 2.75) is 39.2 Å². The quantitative estimate of drug-likeness (QED) is 0.820. The highest BCUT2D eigenvalue weighted by molar-refractivity contribution is 5.96. The summed E-state index contributed by atoms with van der Waals surface area (Å²) in [6, 6.07) is 4.89. The summed E-state index contributed by atoms with van der Waals surface area (Å²) in [5, 5.41) is 11.9. The average molecular weight is 305 g/mol. The van der Waals surface area contributed by atoms with E-state index in [9.17, 15) is 9.59 Å². The van der Waals surface area contributed by atoms with Gasteiger partial charge in [0.25, 0.3) is 5.91 Å². The van der Waals surface area contributed by atoms with Crippen LogP contribution < -0.4 is 5.32 Å². The minimum absolute atomic E-state index is 0.0269. The van der Waals surface area contributed by atoms with Gasteiger partial charge in [-0.25, -0.2) is 4.79 Å². The summed E-state index contributed by atoms with van der Waals surface area (Å²) in [4.78, 5) is 23.2. The van der Waals surface area contributed by atoms with Crippen LogP contribution in [0.2, 0.25) is 0 Å². The SMILES string of the molecule is CCc1oc(C(=O)NC(C)CCc2ccco2)cc1C(=O)O. The van der Waals surface area contributed by atoms with Crippen molar-refractivity contribution in [2.75, 3.05) is 0 Å². The molecular weight excluding hydrogens is 286 g/mol. The van der Waals surface area contributed by atoms with Gasteiger partial charge in [-0.05, 0) is 25.5 Å². The lowest BCUT2D eigenvalue weighted by Crippen LogP contribution is -2.32. The van der Waals surface area contributed by atoms with E-state index >= 15 is 0 Å². The molecule has 0 aromatic carbocycles.